The molecular weight excluding hydrogens is 222 g/mol. The van der Waals surface area contributed by atoms with Crippen LogP contribution in [0.1, 0.15) is 39.5 Å². The van der Waals surface area contributed by atoms with Crippen LogP contribution in [0, 0.1) is 0 Å². The van der Waals surface area contributed by atoms with E-state index in [-0.39, 0.29) is 17.5 Å². The van der Waals surface area contributed by atoms with Gasteiger partial charge in [-0.3, -0.25) is 9.59 Å². The first-order chi connectivity index (χ1) is 8.08. The predicted octanol–water partition coefficient (Wildman–Crippen LogP) is 1.02. The average Bonchev–Trinajstić information content (AvgIpc) is 3.06. The average molecular weight is 243 g/mol. The smallest absolute Gasteiger partial charge is 0.305 e. The SMILES string of the molecule is CCC1(COC(=O)CCCCNC(C)=O)CO1. The summed E-state index contributed by atoms with van der Waals surface area (Å²) in [5.74, 6) is -0.223. The summed E-state index contributed by atoms with van der Waals surface area (Å²) in [6.07, 6.45) is 2.81. The van der Waals surface area contributed by atoms with Crippen molar-refractivity contribution in [1.29, 1.82) is 0 Å². The van der Waals surface area contributed by atoms with Gasteiger partial charge >= 0.3 is 5.97 Å². The molecule has 98 valence electrons. The fourth-order valence-corrected chi connectivity index (χ4v) is 1.43. The Labute approximate surface area is 102 Å². The van der Waals surface area contributed by atoms with Crippen LogP contribution in [0.5, 0.6) is 0 Å². The third-order valence-corrected chi connectivity index (χ3v) is 2.87. The van der Waals surface area contributed by atoms with Crippen LogP contribution in [0.3, 0.4) is 0 Å². The monoisotopic (exact) mass is 243 g/mol. The molecule has 5 nitrogen and oxygen atoms in total. The van der Waals surface area contributed by atoms with Crippen LogP contribution in [0.15, 0.2) is 0 Å². The van der Waals surface area contributed by atoms with Crippen LogP contribution < -0.4 is 5.32 Å². The minimum Gasteiger partial charge on any atom is -0.463 e. The third kappa shape index (κ3) is 5.68. The largest absolute Gasteiger partial charge is 0.463 e. The number of hydrogen-bond donors (Lipinski definition) is 1. The van der Waals surface area contributed by atoms with Gasteiger partial charge in [-0.05, 0) is 19.3 Å². The Hall–Kier alpha value is -1.10. The Morgan fingerprint density at radius 1 is 1.41 bits per heavy atom. The summed E-state index contributed by atoms with van der Waals surface area (Å²) < 4.78 is 10.4. The molecule has 17 heavy (non-hydrogen) atoms. The summed E-state index contributed by atoms with van der Waals surface area (Å²) in [6.45, 7) is 5.18. The highest BCUT2D eigenvalue weighted by Gasteiger charge is 2.44. The first-order valence-electron chi connectivity index (χ1n) is 6.12. The van der Waals surface area contributed by atoms with E-state index in [9.17, 15) is 9.59 Å². The van der Waals surface area contributed by atoms with Crippen molar-refractivity contribution < 1.29 is 19.1 Å². The van der Waals surface area contributed by atoms with Gasteiger partial charge in [0.05, 0.1) is 6.61 Å². The minimum atomic E-state index is -0.189. The first-order valence-corrected chi connectivity index (χ1v) is 6.12. The number of esters is 1. The van der Waals surface area contributed by atoms with Crippen molar-refractivity contribution in [3.8, 4) is 0 Å². The Bertz CT molecular complexity index is 274. The molecule has 0 saturated carbocycles. The Kier molecular flexibility index (Phi) is 5.41. The summed E-state index contributed by atoms with van der Waals surface area (Å²) in [7, 11) is 0. The van der Waals surface area contributed by atoms with Crippen LogP contribution >= 0.6 is 0 Å². The molecule has 0 aromatic carbocycles. The van der Waals surface area contributed by atoms with Gasteiger partial charge in [0.1, 0.15) is 12.2 Å². The maximum Gasteiger partial charge on any atom is 0.305 e. The lowest BCUT2D eigenvalue weighted by molar-refractivity contribution is -0.145. The van der Waals surface area contributed by atoms with E-state index < -0.39 is 0 Å². The minimum absolute atomic E-state index is 0.0386. The molecule has 5 heteroatoms. The number of unbranched alkanes of at least 4 members (excludes halogenated alkanes) is 1. The molecule has 0 radical (unpaired) electrons. The highest BCUT2D eigenvalue weighted by atomic mass is 16.6. The number of rotatable bonds is 8. The molecular formula is C12H21NO4. The summed E-state index contributed by atoms with van der Waals surface area (Å²) in [4.78, 5) is 21.9. The summed E-state index contributed by atoms with van der Waals surface area (Å²) in [6, 6.07) is 0. The fraction of sp³-hybridized carbons (Fsp3) is 0.833. The molecule has 1 saturated heterocycles. The van der Waals surface area contributed by atoms with Crippen molar-refractivity contribution >= 4 is 11.9 Å². The van der Waals surface area contributed by atoms with Gasteiger partial charge in [0.2, 0.25) is 5.91 Å². The Morgan fingerprint density at radius 3 is 2.65 bits per heavy atom. The van der Waals surface area contributed by atoms with Gasteiger partial charge in [-0.25, -0.2) is 0 Å². The van der Waals surface area contributed by atoms with Crippen molar-refractivity contribution in [1.82, 2.24) is 5.32 Å². The van der Waals surface area contributed by atoms with Gasteiger partial charge in [-0.15, -0.1) is 0 Å². The quantitative estimate of drug-likeness (QED) is 0.392. The normalized spacial score (nSPS) is 22.0. The van der Waals surface area contributed by atoms with E-state index >= 15 is 0 Å². The molecule has 1 aliphatic rings. The number of carbonyl (C=O) groups excluding carboxylic acids is 2. The zero-order valence-electron chi connectivity index (χ0n) is 10.6. The first kappa shape index (κ1) is 14.0. The van der Waals surface area contributed by atoms with Crippen molar-refractivity contribution in [2.45, 2.75) is 45.1 Å². The maximum atomic E-state index is 11.4. The summed E-state index contributed by atoms with van der Waals surface area (Å²) in [5, 5.41) is 2.68. The van der Waals surface area contributed by atoms with Crippen LogP contribution in [0.4, 0.5) is 0 Å². The standard InChI is InChI=1S/C12H21NO4/c1-3-12(9-17-12)8-16-11(15)6-4-5-7-13-10(2)14/h3-9H2,1-2H3,(H,13,14). The number of hydrogen-bond acceptors (Lipinski definition) is 4. The van der Waals surface area contributed by atoms with Gasteiger partial charge in [0, 0.05) is 19.9 Å². The van der Waals surface area contributed by atoms with Crippen LogP contribution in [-0.4, -0.2) is 37.2 Å². The zero-order chi connectivity index (χ0) is 12.7. The highest BCUT2D eigenvalue weighted by Crippen LogP contribution is 2.30. The molecule has 1 atom stereocenters. The molecule has 1 amide bonds. The van der Waals surface area contributed by atoms with Gasteiger partial charge in [0.15, 0.2) is 0 Å². The maximum absolute atomic E-state index is 11.4. The number of ether oxygens (including phenoxy) is 2. The lowest BCUT2D eigenvalue weighted by atomic mass is 10.1. The van der Waals surface area contributed by atoms with Gasteiger partial charge in [-0.1, -0.05) is 6.92 Å². The van der Waals surface area contributed by atoms with Crippen LogP contribution in [-0.2, 0) is 19.1 Å². The number of carbonyl (C=O) groups is 2. The summed E-state index contributed by atoms with van der Waals surface area (Å²) in [5.41, 5.74) is -0.189. The molecule has 0 bridgehead atoms. The van der Waals surface area contributed by atoms with Gasteiger partial charge < -0.3 is 14.8 Å². The van der Waals surface area contributed by atoms with Gasteiger partial charge in [0.25, 0.3) is 0 Å². The van der Waals surface area contributed by atoms with Crippen LogP contribution in [0.2, 0.25) is 0 Å². The third-order valence-electron chi connectivity index (χ3n) is 2.87. The number of epoxide rings is 1. The summed E-state index contributed by atoms with van der Waals surface area (Å²) >= 11 is 0. The van der Waals surface area contributed by atoms with E-state index in [0.717, 1.165) is 19.3 Å². The van der Waals surface area contributed by atoms with E-state index in [0.29, 0.717) is 26.2 Å². The van der Waals surface area contributed by atoms with E-state index in [1.165, 1.54) is 6.92 Å². The van der Waals surface area contributed by atoms with Crippen molar-refractivity contribution in [3.05, 3.63) is 0 Å². The van der Waals surface area contributed by atoms with Crippen LogP contribution in [0.25, 0.3) is 0 Å². The second kappa shape index (κ2) is 6.59. The molecule has 0 aromatic rings. The topological polar surface area (TPSA) is 67.9 Å². The van der Waals surface area contributed by atoms with E-state index in [4.69, 9.17) is 9.47 Å². The fourth-order valence-electron chi connectivity index (χ4n) is 1.43. The Balaban J connectivity index is 1.96. The molecule has 1 fully saturated rings. The van der Waals surface area contributed by atoms with Gasteiger partial charge in [-0.2, -0.15) is 0 Å². The van der Waals surface area contributed by atoms with Crippen molar-refractivity contribution in [2.24, 2.45) is 0 Å². The Morgan fingerprint density at radius 2 is 2.12 bits per heavy atom. The number of amides is 1. The molecule has 1 heterocycles. The second-order valence-electron chi connectivity index (χ2n) is 4.43. The molecule has 0 spiro atoms. The molecule has 0 aromatic heterocycles. The molecule has 0 aliphatic carbocycles. The lowest BCUT2D eigenvalue weighted by Crippen LogP contribution is -2.22. The number of nitrogens with one attached hydrogen (secondary N) is 1. The second-order valence-corrected chi connectivity index (χ2v) is 4.43. The zero-order valence-corrected chi connectivity index (χ0v) is 10.6. The van der Waals surface area contributed by atoms with Crippen molar-refractivity contribution in [2.75, 3.05) is 19.8 Å². The molecule has 1 rings (SSSR count). The lowest BCUT2D eigenvalue weighted by Gasteiger charge is -2.09. The van der Waals surface area contributed by atoms with E-state index in [1.807, 2.05) is 6.92 Å². The van der Waals surface area contributed by atoms with Crippen molar-refractivity contribution in [3.63, 3.8) is 0 Å². The highest BCUT2D eigenvalue weighted by molar-refractivity contribution is 5.72. The van der Waals surface area contributed by atoms with E-state index in [1.54, 1.807) is 0 Å². The predicted molar refractivity (Wildman–Crippen MR) is 62.5 cm³/mol. The van der Waals surface area contributed by atoms with E-state index in [2.05, 4.69) is 5.32 Å². The molecule has 1 aliphatic heterocycles. The molecule has 1 N–H and O–H groups in total. The molecule has 1 unspecified atom stereocenters.